The van der Waals surface area contributed by atoms with E-state index in [0.717, 1.165) is 17.0 Å². The molecule has 0 saturated heterocycles. The van der Waals surface area contributed by atoms with E-state index in [0.29, 0.717) is 0 Å². The second-order valence-corrected chi connectivity index (χ2v) is 6.12. The molecule has 1 unspecified atom stereocenters. The van der Waals surface area contributed by atoms with Crippen LogP contribution in [0.15, 0.2) is 42.5 Å². The average Bonchev–Trinajstić information content (AvgIpc) is 2.34. The van der Waals surface area contributed by atoms with Gasteiger partial charge in [-0.3, -0.25) is 0 Å². The van der Waals surface area contributed by atoms with Gasteiger partial charge in [-0.25, -0.2) is 0 Å². The molecule has 0 N–H and O–H groups in total. The molecule has 2 heteroatoms. The minimum absolute atomic E-state index is 0.258. The summed E-state index contributed by atoms with van der Waals surface area (Å²) in [7, 11) is 0. The van der Waals surface area contributed by atoms with Gasteiger partial charge in [-0.05, 0) is 48.6 Å². The molecule has 0 heterocycles. The van der Waals surface area contributed by atoms with Gasteiger partial charge >= 0.3 is 0 Å². The summed E-state index contributed by atoms with van der Waals surface area (Å²) in [6, 6.07) is 14.6. The summed E-state index contributed by atoms with van der Waals surface area (Å²) in [6.45, 7) is 4.29. The summed E-state index contributed by atoms with van der Waals surface area (Å²) in [6.07, 6.45) is 0.949. The quantitative estimate of drug-likeness (QED) is 0.642. The molecule has 0 saturated carbocycles. The van der Waals surface area contributed by atoms with Crippen molar-refractivity contribution in [2.24, 2.45) is 0 Å². The molecule has 2 aromatic carbocycles. The Morgan fingerprint density at radius 1 is 1.06 bits per heavy atom. The highest BCUT2D eigenvalue weighted by molar-refractivity contribution is 9.09. The van der Waals surface area contributed by atoms with Gasteiger partial charge in [0.25, 0.3) is 0 Å². The molecule has 0 aliphatic carbocycles. The van der Waals surface area contributed by atoms with Crippen molar-refractivity contribution in [3.63, 3.8) is 0 Å². The van der Waals surface area contributed by atoms with Crippen molar-refractivity contribution in [1.29, 1.82) is 0 Å². The summed E-state index contributed by atoms with van der Waals surface area (Å²) in [5, 5.41) is 0.822. The predicted molar refractivity (Wildman–Crippen MR) is 82.7 cm³/mol. The number of hydrogen-bond acceptors (Lipinski definition) is 0. The van der Waals surface area contributed by atoms with Gasteiger partial charge in [0.05, 0.1) is 0 Å². The Balaban J connectivity index is 2.19. The summed E-state index contributed by atoms with van der Waals surface area (Å²) >= 11 is 9.94. The minimum Gasteiger partial charge on any atom is -0.0840 e. The van der Waals surface area contributed by atoms with E-state index < -0.39 is 0 Å². The van der Waals surface area contributed by atoms with E-state index in [1.54, 1.807) is 0 Å². The van der Waals surface area contributed by atoms with Crippen LogP contribution in [0.4, 0.5) is 0 Å². The fourth-order valence-corrected chi connectivity index (χ4v) is 3.15. The van der Waals surface area contributed by atoms with Crippen molar-refractivity contribution in [2.75, 3.05) is 0 Å². The molecule has 0 spiro atoms. The zero-order valence-corrected chi connectivity index (χ0v) is 12.9. The van der Waals surface area contributed by atoms with Crippen molar-refractivity contribution in [3.05, 3.63) is 69.7 Å². The first kappa shape index (κ1) is 13.6. The van der Waals surface area contributed by atoms with Gasteiger partial charge in [0.15, 0.2) is 0 Å². The highest BCUT2D eigenvalue weighted by Crippen LogP contribution is 2.32. The smallest absolute Gasteiger partial charge is 0.0450 e. The summed E-state index contributed by atoms with van der Waals surface area (Å²) in [5.41, 5.74) is 5.16. The molecule has 0 aliphatic rings. The number of benzene rings is 2. The molecule has 0 aromatic heterocycles. The van der Waals surface area contributed by atoms with Crippen LogP contribution in [0.3, 0.4) is 0 Å². The lowest BCUT2D eigenvalue weighted by molar-refractivity contribution is 0.946. The molecule has 0 fully saturated rings. The lowest BCUT2D eigenvalue weighted by Crippen LogP contribution is -1.97. The molecule has 1 atom stereocenters. The largest absolute Gasteiger partial charge is 0.0840 e. The third-order valence-electron chi connectivity index (χ3n) is 3.23. The van der Waals surface area contributed by atoms with Crippen LogP contribution in [0.1, 0.15) is 27.1 Å². The van der Waals surface area contributed by atoms with Gasteiger partial charge in [0.1, 0.15) is 0 Å². The SMILES string of the molecule is Cc1ccc(CC(Br)c2ccccc2Cl)cc1C. The van der Waals surface area contributed by atoms with Crippen molar-refractivity contribution in [2.45, 2.75) is 25.1 Å². The highest BCUT2D eigenvalue weighted by Gasteiger charge is 2.11. The van der Waals surface area contributed by atoms with E-state index >= 15 is 0 Å². The Morgan fingerprint density at radius 2 is 1.78 bits per heavy atom. The lowest BCUT2D eigenvalue weighted by atomic mass is 10.0. The Morgan fingerprint density at radius 3 is 2.44 bits per heavy atom. The standard InChI is InChI=1S/C16H16BrCl/c1-11-7-8-13(9-12(11)2)10-15(17)14-5-3-4-6-16(14)18/h3-9,15H,10H2,1-2H3. The molecule has 94 valence electrons. The van der Waals surface area contributed by atoms with Crippen LogP contribution < -0.4 is 0 Å². The first-order chi connectivity index (χ1) is 8.58. The molecule has 0 radical (unpaired) electrons. The molecule has 0 bridgehead atoms. The molecule has 2 aromatic rings. The van der Waals surface area contributed by atoms with Crippen molar-refractivity contribution in [1.82, 2.24) is 0 Å². The molecular weight excluding hydrogens is 308 g/mol. The van der Waals surface area contributed by atoms with Gasteiger partial charge in [-0.2, -0.15) is 0 Å². The average molecular weight is 324 g/mol. The Kier molecular flexibility index (Phi) is 4.47. The topological polar surface area (TPSA) is 0 Å². The Bertz CT molecular complexity index is 549. The van der Waals surface area contributed by atoms with E-state index in [1.807, 2.05) is 18.2 Å². The van der Waals surface area contributed by atoms with Crippen molar-refractivity contribution < 1.29 is 0 Å². The summed E-state index contributed by atoms with van der Waals surface area (Å²) in [5.74, 6) is 0. The van der Waals surface area contributed by atoms with Crippen molar-refractivity contribution >= 4 is 27.5 Å². The fraction of sp³-hybridized carbons (Fsp3) is 0.250. The van der Waals surface area contributed by atoms with E-state index in [9.17, 15) is 0 Å². The van der Waals surface area contributed by atoms with Crippen LogP contribution in [0.25, 0.3) is 0 Å². The zero-order valence-electron chi connectivity index (χ0n) is 10.6. The number of aryl methyl sites for hydroxylation is 2. The Labute approximate surface area is 122 Å². The maximum atomic E-state index is 6.21. The number of halogens is 2. The maximum Gasteiger partial charge on any atom is 0.0450 e. The van der Waals surface area contributed by atoms with E-state index in [4.69, 9.17) is 11.6 Å². The number of alkyl halides is 1. The molecule has 0 amide bonds. The number of hydrogen-bond donors (Lipinski definition) is 0. The maximum absolute atomic E-state index is 6.21. The predicted octanol–water partition coefficient (Wildman–Crippen LogP) is 5.64. The lowest BCUT2D eigenvalue weighted by Gasteiger charge is -2.13. The second-order valence-electron chi connectivity index (χ2n) is 4.61. The zero-order chi connectivity index (χ0) is 13.1. The van der Waals surface area contributed by atoms with Gasteiger partial charge < -0.3 is 0 Å². The van der Waals surface area contributed by atoms with E-state index in [2.05, 4.69) is 54.0 Å². The van der Waals surface area contributed by atoms with E-state index in [-0.39, 0.29) is 4.83 Å². The van der Waals surface area contributed by atoms with Gasteiger partial charge in [0.2, 0.25) is 0 Å². The Hall–Kier alpha value is -0.790. The first-order valence-corrected chi connectivity index (χ1v) is 7.32. The normalized spacial score (nSPS) is 12.4. The number of rotatable bonds is 3. The molecule has 2 rings (SSSR count). The molecule has 0 nitrogen and oxygen atoms in total. The summed E-state index contributed by atoms with van der Waals surface area (Å²) < 4.78 is 0. The molecule has 18 heavy (non-hydrogen) atoms. The molecular formula is C16H16BrCl. The highest BCUT2D eigenvalue weighted by atomic mass is 79.9. The third kappa shape index (κ3) is 3.15. The fourth-order valence-electron chi connectivity index (χ4n) is 1.98. The van der Waals surface area contributed by atoms with Crippen LogP contribution in [0.2, 0.25) is 5.02 Å². The van der Waals surface area contributed by atoms with E-state index in [1.165, 1.54) is 16.7 Å². The van der Waals surface area contributed by atoms with Crippen LogP contribution >= 0.6 is 27.5 Å². The third-order valence-corrected chi connectivity index (χ3v) is 4.39. The second kappa shape index (κ2) is 5.90. The van der Waals surface area contributed by atoms with Crippen LogP contribution in [-0.2, 0) is 6.42 Å². The monoisotopic (exact) mass is 322 g/mol. The van der Waals surface area contributed by atoms with Crippen molar-refractivity contribution in [3.8, 4) is 0 Å². The minimum atomic E-state index is 0.258. The van der Waals surface area contributed by atoms with Crippen LogP contribution in [-0.4, -0.2) is 0 Å². The van der Waals surface area contributed by atoms with Crippen LogP contribution in [0, 0.1) is 13.8 Å². The molecule has 0 aliphatic heterocycles. The van der Waals surface area contributed by atoms with Gasteiger partial charge in [0, 0.05) is 9.85 Å². The summed E-state index contributed by atoms with van der Waals surface area (Å²) in [4.78, 5) is 0.258. The van der Waals surface area contributed by atoms with Gasteiger partial charge in [-0.1, -0.05) is 63.9 Å². The first-order valence-electron chi connectivity index (χ1n) is 6.02. The van der Waals surface area contributed by atoms with Crippen LogP contribution in [0.5, 0.6) is 0 Å². The van der Waals surface area contributed by atoms with Gasteiger partial charge in [-0.15, -0.1) is 0 Å².